The van der Waals surface area contributed by atoms with Crippen molar-refractivity contribution >= 4 is 17.4 Å². The maximum absolute atomic E-state index is 13.2. The molecule has 5 nitrogen and oxygen atoms in total. The minimum atomic E-state index is -0.188. The molecule has 148 valence electrons. The molecule has 3 aromatic carbocycles. The summed E-state index contributed by atoms with van der Waals surface area (Å²) in [5.41, 5.74) is 3.32. The third kappa shape index (κ3) is 4.89. The molecule has 0 fully saturated rings. The fraction of sp³-hybridized carbons (Fsp3) is 0.0800. The molecule has 0 radical (unpaired) electrons. The molecule has 0 saturated carbocycles. The topological polar surface area (TPSA) is 58.1 Å². The Hall–Kier alpha value is -3.99. The number of amides is 1. The number of para-hydroxylation sites is 1. The molecule has 4 rings (SSSR count). The molecule has 1 heterocycles. The highest BCUT2D eigenvalue weighted by Gasteiger charge is 2.19. The molecule has 0 aliphatic rings. The standard InChI is InChI=1S/C25H22N4O/c30-25(23-17-28-24(18-26-23)27-16-20-10-4-1-5-11-20)29(22-14-8-3-9-15-22)19-21-12-6-2-7-13-21/h1-15,17-18H,16,19H2,(H,27,28). The molecule has 0 aliphatic carbocycles. The summed E-state index contributed by atoms with van der Waals surface area (Å²) in [7, 11) is 0. The zero-order valence-electron chi connectivity index (χ0n) is 16.5. The minimum Gasteiger partial charge on any atom is -0.365 e. The number of aromatic nitrogens is 2. The van der Waals surface area contributed by atoms with Crippen molar-refractivity contribution in [2.24, 2.45) is 0 Å². The Morgan fingerprint density at radius 2 is 1.33 bits per heavy atom. The number of nitrogens with zero attached hydrogens (tertiary/aromatic N) is 3. The van der Waals surface area contributed by atoms with E-state index in [4.69, 9.17) is 0 Å². The van der Waals surface area contributed by atoms with Crippen LogP contribution in [0.2, 0.25) is 0 Å². The summed E-state index contributed by atoms with van der Waals surface area (Å²) in [5.74, 6) is 0.442. The third-order valence-electron chi connectivity index (χ3n) is 4.68. The van der Waals surface area contributed by atoms with E-state index in [0.29, 0.717) is 24.6 Å². The molecule has 4 aromatic rings. The summed E-state index contributed by atoms with van der Waals surface area (Å²) in [6.45, 7) is 1.10. The molecule has 0 aliphatic heterocycles. The van der Waals surface area contributed by atoms with E-state index in [9.17, 15) is 4.79 Å². The van der Waals surface area contributed by atoms with Gasteiger partial charge in [-0.25, -0.2) is 9.97 Å². The van der Waals surface area contributed by atoms with E-state index in [2.05, 4.69) is 15.3 Å². The molecule has 0 unspecified atom stereocenters. The molecule has 30 heavy (non-hydrogen) atoms. The van der Waals surface area contributed by atoms with Crippen molar-refractivity contribution in [1.29, 1.82) is 0 Å². The zero-order valence-corrected chi connectivity index (χ0v) is 16.5. The van der Waals surface area contributed by atoms with Gasteiger partial charge < -0.3 is 10.2 Å². The van der Waals surface area contributed by atoms with Crippen LogP contribution in [-0.2, 0) is 13.1 Å². The lowest BCUT2D eigenvalue weighted by molar-refractivity contribution is 0.0980. The third-order valence-corrected chi connectivity index (χ3v) is 4.68. The first-order valence-electron chi connectivity index (χ1n) is 9.80. The largest absolute Gasteiger partial charge is 0.365 e. The molecular formula is C25H22N4O. The van der Waals surface area contributed by atoms with Crippen LogP contribution in [0.3, 0.4) is 0 Å². The van der Waals surface area contributed by atoms with Crippen LogP contribution in [-0.4, -0.2) is 15.9 Å². The van der Waals surface area contributed by atoms with E-state index in [0.717, 1.165) is 16.8 Å². The smallest absolute Gasteiger partial charge is 0.278 e. The van der Waals surface area contributed by atoms with Crippen LogP contribution in [0.25, 0.3) is 0 Å². The molecule has 1 amide bonds. The minimum absolute atomic E-state index is 0.188. The summed E-state index contributed by atoms with van der Waals surface area (Å²) in [6.07, 6.45) is 3.12. The van der Waals surface area contributed by atoms with Gasteiger partial charge in [0.2, 0.25) is 0 Å². The molecule has 0 spiro atoms. The second-order valence-corrected chi connectivity index (χ2v) is 6.84. The van der Waals surface area contributed by atoms with Gasteiger partial charge >= 0.3 is 0 Å². The van der Waals surface area contributed by atoms with Gasteiger partial charge in [-0.15, -0.1) is 0 Å². The number of anilines is 2. The maximum atomic E-state index is 13.2. The van der Waals surface area contributed by atoms with Crippen molar-refractivity contribution in [1.82, 2.24) is 9.97 Å². The fourth-order valence-electron chi connectivity index (χ4n) is 3.11. The van der Waals surface area contributed by atoms with Gasteiger partial charge in [0.05, 0.1) is 18.9 Å². The van der Waals surface area contributed by atoms with Crippen LogP contribution < -0.4 is 10.2 Å². The van der Waals surface area contributed by atoms with Gasteiger partial charge in [0.15, 0.2) is 0 Å². The Kier molecular flexibility index (Phi) is 6.11. The molecule has 0 atom stereocenters. The second kappa shape index (κ2) is 9.47. The number of hydrogen-bond donors (Lipinski definition) is 1. The Morgan fingerprint density at radius 1 is 0.733 bits per heavy atom. The lowest BCUT2D eigenvalue weighted by Crippen LogP contribution is -2.31. The summed E-state index contributed by atoms with van der Waals surface area (Å²) >= 11 is 0. The maximum Gasteiger partial charge on any atom is 0.278 e. The number of carbonyl (C=O) groups is 1. The Labute approximate surface area is 176 Å². The van der Waals surface area contributed by atoms with E-state index in [1.165, 1.54) is 6.20 Å². The van der Waals surface area contributed by atoms with Gasteiger partial charge in [0, 0.05) is 12.2 Å². The van der Waals surface area contributed by atoms with E-state index >= 15 is 0 Å². The van der Waals surface area contributed by atoms with Gasteiger partial charge in [-0.2, -0.15) is 0 Å². The summed E-state index contributed by atoms with van der Waals surface area (Å²) in [6, 6.07) is 29.6. The molecule has 0 bridgehead atoms. The predicted molar refractivity (Wildman–Crippen MR) is 119 cm³/mol. The first-order valence-corrected chi connectivity index (χ1v) is 9.80. The number of carbonyl (C=O) groups excluding carboxylic acids is 1. The lowest BCUT2D eigenvalue weighted by Gasteiger charge is -2.22. The van der Waals surface area contributed by atoms with Crippen LogP contribution in [0.1, 0.15) is 21.6 Å². The zero-order chi connectivity index (χ0) is 20.6. The first-order chi connectivity index (χ1) is 14.8. The van der Waals surface area contributed by atoms with Gasteiger partial charge in [-0.05, 0) is 23.3 Å². The Bertz CT molecular complexity index is 1070. The number of benzene rings is 3. The highest BCUT2D eigenvalue weighted by Crippen LogP contribution is 2.19. The number of nitrogens with one attached hydrogen (secondary N) is 1. The predicted octanol–water partition coefficient (Wildman–Crippen LogP) is 4.94. The van der Waals surface area contributed by atoms with Crippen molar-refractivity contribution in [3.8, 4) is 0 Å². The Morgan fingerprint density at radius 3 is 1.93 bits per heavy atom. The van der Waals surface area contributed by atoms with E-state index in [1.54, 1.807) is 11.1 Å². The molecule has 0 saturated heterocycles. The van der Waals surface area contributed by atoms with Crippen molar-refractivity contribution in [3.05, 3.63) is 120 Å². The summed E-state index contributed by atoms with van der Waals surface area (Å²) < 4.78 is 0. The van der Waals surface area contributed by atoms with E-state index in [-0.39, 0.29) is 5.91 Å². The fourth-order valence-corrected chi connectivity index (χ4v) is 3.11. The van der Waals surface area contributed by atoms with Gasteiger partial charge in [-0.3, -0.25) is 4.79 Å². The normalized spacial score (nSPS) is 10.4. The highest BCUT2D eigenvalue weighted by molar-refractivity contribution is 6.04. The summed E-state index contributed by atoms with van der Waals surface area (Å²) in [4.78, 5) is 23.7. The van der Waals surface area contributed by atoms with E-state index < -0.39 is 0 Å². The number of rotatable bonds is 7. The average Bonchev–Trinajstić information content (AvgIpc) is 2.83. The van der Waals surface area contributed by atoms with Crippen LogP contribution in [0.4, 0.5) is 11.5 Å². The number of hydrogen-bond acceptors (Lipinski definition) is 4. The lowest BCUT2D eigenvalue weighted by atomic mass is 10.2. The van der Waals surface area contributed by atoms with E-state index in [1.807, 2.05) is 91.0 Å². The van der Waals surface area contributed by atoms with Crippen molar-refractivity contribution in [2.45, 2.75) is 13.1 Å². The average molecular weight is 394 g/mol. The van der Waals surface area contributed by atoms with Crippen LogP contribution in [0, 0.1) is 0 Å². The quantitative estimate of drug-likeness (QED) is 0.483. The first kappa shape index (κ1) is 19.3. The SMILES string of the molecule is O=C(c1cnc(NCc2ccccc2)cn1)N(Cc1ccccc1)c1ccccc1. The van der Waals surface area contributed by atoms with Crippen LogP contribution >= 0.6 is 0 Å². The van der Waals surface area contributed by atoms with Crippen molar-refractivity contribution < 1.29 is 4.79 Å². The highest BCUT2D eigenvalue weighted by atomic mass is 16.2. The van der Waals surface area contributed by atoms with Gasteiger partial charge in [0.1, 0.15) is 11.5 Å². The molecular weight excluding hydrogens is 372 g/mol. The van der Waals surface area contributed by atoms with Crippen LogP contribution in [0.5, 0.6) is 0 Å². The van der Waals surface area contributed by atoms with Crippen LogP contribution in [0.15, 0.2) is 103 Å². The van der Waals surface area contributed by atoms with Gasteiger partial charge in [-0.1, -0.05) is 78.9 Å². The molecule has 5 heteroatoms. The molecule has 1 N–H and O–H groups in total. The van der Waals surface area contributed by atoms with Gasteiger partial charge in [0.25, 0.3) is 5.91 Å². The summed E-state index contributed by atoms with van der Waals surface area (Å²) in [5, 5.41) is 3.23. The van der Waals surface area contributed by atoms with Crippen molar-refractivity contribution in [2.75, 3.05) is 10.2 Å². The Balaban J connectivity index is 1.51. The van der Waals surface area contributed by atoms with Crippen molar-refractivity contribution in [3.63, 3.8) is 0 Å². The monoisotopic (exact) mass is 394 g/mol. The second-order valence-electron chi connectivity index (χ2n) is 6.84. The molecule has 1 aromatic heterocycles.